The van der Waals surface area contributed by atoms with Gasteiger partial charge in [-0.05, 0) is 29.7 Å². The zero-order chi connectivity index (χ0) is 14.4. The molecule has 0 spiro atoms. The highest BCUT2D eigenvalue weighted by Gasteiger charge is 2.12. The molecule has 0 aliphatic rings. The van der Waals surface area contributed by atoms with Crippen LogP contribution in [0.3, 0.4) is 0 Å². The molecule has 6 heteroatoms. The van der Waals surface area contributed by atoms with Crippen molar-refractivity contribution in [2.24, 2.45) is 0 Å². The summed E-state index contributed by atoms with van der Waals surface area (Å²) in [5.41, 5.74) is 1.48. The highest BCUT2D eigenvalue weighted by molar-refractivity contribution is 5.86. The first-order valence-corrected chi connectivity index (χ1v) is 5.86. The molecule has 0 atom stereocenters. The second-order valence-corrected chi connectivity index (χ2v) is 4.16. The van der Waals surface area contributed by atoms with Crippen LogP contribution in [0.25, 0.3) is 0 Å². The Labute approximate surface area is 112 Å². The summed E-state index contributed by atoms with van der Waals surface area (Å²) in [7, 11) is 2.78. The maximum absolute atomic E-state index is 11.2. The third-order valence-electron chi connectivity index (χ3n) is 2.48. The van der Waals surface area contributed by atoms with Crippen LogP contribution in [0, 0.1) is 0 Å². The Morgan fingerprint density at radius 1 is 1.21 bits per heavy atom. The smallest absolute Gasteiger partial charge is 0.412 e. The van der Waals surface area contributed by atoms with Gasteiger partial charge >= 0.3 is 12.2 Å². The van der Waals surface area contributed by atoms with Gasteiger partial charge in [0.2, 0.25) is 0 Å². The van der Waals surface area contributed by atoms with Crippen LogP contribution in [0.5, 0.6) is 5.75 Å². The summed E-state index contributed by atoms with van der Waals surface area (Å²) >= 11 is 0. The van der Waals surface area contributed by atoms with E-state index in [1.54, 1.807) is 18.2 Å². The van der Waals surface area contributed by atoms with E-state index in [4.69, 9.17) is 4.74 Å². The molecule has 0 fully saturated rings. The van der Waals surface area contributed by atoms with E-state index in [-0.39, 0.29) is 5.92 Å². The molecule has 0 saturated carbocycles. The van der Waals surface area contributed by atoms with E-state index >= 15 is 0 Å². The number of carbonyl (C=O) groups is 2. The second-order valence-electron chi connectivity index (χ2n) is 4.16. The zero-order valence-corrected chi connectivity index (χ0v) is 11.4. The van der Waals surface area contributed by atoms with Gasteiger partial charge in [-0.2, -0.15) is 0 Å². The minimum atomic E-state index is -0.540. The number of nitrogens with one attached hydrogen (secondary N) is 2. The molecule has 0 aliphatic carbocycles. The van der Waals surface area contributed by atoms with Crippen molar-refractivity contribution >= 4 is 17.9 Å². The summed E-state index contributed by atoms with van der Waals surface area (Å²) in [6, 6.07) is 4.99. The molecule has 0 aromatic heterocycles. The third kappa shape index (κ3) is 4.17. The van der Waals surface area contributed by atoms with E-state index < -0.39 is 12.2 Å². The highest BCUT2D eigenvalue weighted by Crippen LogP contribution is 2.28. The molecule has 1 aromatic carbocycles. The van der Waals surface area contributed by atoms with Crippen molar-refractivity contribution in [1.82, 2.24) is 5.32 Å². The van der Waals surface area contributed by atoms with Crippen molar-refractivity contribution in [3.8, 4) is 5.75 Å². The van der Waals surface area contributed by atoms with Crippen LogP contribution < -0.4 is 15.4 Å². The molecule has 0 radical (unpaired) electrons. The molecule has 0 saturated heterocycles. The number of amides is 2. The maximum atomic E-state index is 11.2. The Hall–Kier alpha value is -2.24. The van der Waals surface area contributed by atoms with E-state index in [1.807, 2.05) is 13.8 Å². The number of carbonyl (C=O) groups excluding carboxylic acids is 2. The van der Waals surface area contributed by atoms with Gasteiger partial charge in [0.05, 0.1) is 7.11 Å². The average Bonchev–Trinajstić information content (AvgIpc) is 2.39. The zero-order valence-electron chi connectivity index (χ0n) is 11.4. The lowest BCUT2D eigenvalue weighted by atomic mass is 10.0. The van der Waals surface area contributed by atoms with Gasteiger partial charge < -0.3 is 14.8 Å². The largest absolute Gasteiger partial charge is 0.453 e. The molecule has 1 rings (SSSR count). The van der Waals surface area contributed by atoms with E-state index in [0.717, 1.165) is 5.56 Å². The fraction of sp³-hybridized carbons (Fsp3) is 0.385. The average molecular weight is 266 g/mol. The molecule has 0 heterocycles. The van der Waals surface area contributed by atoms with Gasteiger partial charge in [-0.25, -0.2) is 9.59 Å². The van der Waals surface area contributed by atoms with Crippen LogP contribution in [-0.2, 0) is 4.74 Å². The summed E-state index contributed by atoms with van der Waals surface area (Å²) in [6.45, 7) is 3.95. The minimum Gasteiger partial charge on any atom is -0.453 e. The number of ether oxygens (including phenoxy) is 2. The predicted octanol–water partition coefficient (Wildman–Crippen LogP) is 2.71. The number of hydrogen-bond acceptors (Lipinski definition) is 4. The topological polar surface area (TPSA) is 76.7 Å². The summed E-state index contributed by atoms with van der Waals surface area (Å²) < 4.78 is 9.60. The fourth-order valence-corrected chi connectivity index (χ4v) is 1.51. The van der Waals surface area contributed by atoms with Gasteiger partial charge in [0.15, 0.2) is 0 Å². The summed E-state index contributed by atoms with van der Waals surface area (Å²) in [6.07, 6.45) is -1.08. The van der Waals surface area contributed by atoms with E-state index in [0.29, 0.717) is 11.4 Å². The number of rotatable bonds is 3. The Bertz CT molecular complexity index is 472. The van der Waals surface area contributed by atoms with Crippen LogP contribution in [-0.4, -0.2) is 26.3 Å². The Morgan fingerprint density at radius 3 is 2.42 bits per heavy atom. The maximum Gasteiger partial charge on any atom is 0.412 e. The highest BCUT2D eigenvalue weighted by atomic mass is 16.6. The molecule has 0 bridgehead atoms. The van der Waals surface area contributed by atoms with E-state index in [2.05, 4.69) is 15.4 Å². The number of anilines is 1. The van der Waals surface area contributed by atoms with Crippen molar-refractivity contribution in [3.05, 3.63) is 23.8 Å². The van der Waals surface area contributed by atoms with Gasteiger partial charge in [-0.1, -0.05) is 13.8 Å². The summed E-state index contributed by atoms with van der Waals surface area (Å²) in [5, 5.41) is 4.99. The normalized spacial score (nSPS) is 9.95. The predicted molar refractivity (Wildman–Crippen MR) is 71.6 cm³/mol. The van der Waals surface area contributed by atoms with Gasteiger partial charge in [-0.3, -0.25) is 5.32 Å². The van der Waals surface area contributed by atoms with Crippen molar-refractivity contribution in [3.63, 3.8) is 0 Å². The van der Waals surface area contributed by atoms with Crippen LogP contribution in [0.4, 0.5) is 15.3 Å². The second kappa shape index (κ2) is 6.63. The van der Waals surface area contributed by atoms with E-state index in [9.17, 15) is 9.59 Å². The minimum absolute atomic E-state index is 0.153. The monoisotopic (exact) mass is 266 g/mol. The summed E-state index contributed by atoms with van der Waals surface area (Å²) in [5.74, 6) is 0.568. The molecule has 2 N–H and O–H groups in total. The quantitative estimate of drug-likeness (QED) is 0.881. The lowest BCUT2D eigenvalue weighted by Gasteiger charge is -2.14. The Kier molecular flexibility index (Phi) is 5.17. The molecular weight excluding hydrogens is 248 g/mol. The first-order chi connectivity index (χ1) is 8.97. The van der Waals surface area contributed by atoms with Crippen molar-refractivity contribution in [2.45, 2.75) is 19.8 Å². The molecular formula is C13H18N2O4. The Morgan fingerprint density at radius 2 is 1.89 bits per heavy atom. The molecule has 19 heavy (non-hydrogen) atoms. The molecule has 1 aromatic rings. The number of hydrogen-bond donors (Lipinski definition) is 2. The molecule has 6 nitrogen and oxygen atoms in total. The number of benzene rings is 1. The first kappa shape index (κ1) is 14.8. The molecule has 2 amide bonds. The van der Waals surface area contributed by atoms with Gasteiger partial charge in [-0.15, -0.1) is 0 Å². The third-order valence-corrected chi connectivity index (χ3v) is 2.48. The van der Waals surface area contributed by atoms with Crippen molar-refractivity contribution in [1.29, 1.82) is 0 Å². The lowest BCUT2D eigenvalue weighted by molar-refractivity contribution is 0.187. The van der Waals surface area contributed by atoms with Crippen LogP contribution in [0.2, 0.25) is 0 Å². The van der Waals surface area contributed by atoms with Crippen LogP contribution in [0.1, 0.15) is 25.3 Å². The van der Waals surface area contributed by atoms with Crippen molar-refractivity contribution in [2.75, 3.05) is 19.5 Å². The standard InChI is InChI=1S/C13H18N2O4/c1-8(2)10-7-9(19-12(16)14-3)5-6-11(10)15-13(17)18-4/h5-8H,1-4H3,(H,14,16)(H,15,17). The Balaban J connectivity index is 3.00. The van der Waals surface area contributed by atoms with Crippen molar-refractivity contribution < 1.29 is 19.1 Å². The fourth-order valence-electron chi connectivity index (χ4n) is 1.51. The molecule has 0 aliphatic heterocycles. The lowest BCUT2D eigenvalue weighted by Crippen LogP contribution is -2.22. The van der Waals surface area contributed by atoms with Gasteiger partial charge in [0.1, 0.15) is 5.75 Å². The number of methoxy groups -OCH3 is 1. The van der Waals surface area contributed by atoms with Crippen LogP contribution in [0.15, 0.2) is 18.2 Å². The van der Waals surface area contributed by atoms with E-state index in [1.165, 1.54) is 14.2 Å². The van der Waals surface area contributed by atoms with Gasteiger partial charge in [0.25, 0.3) is 0 Å². The first-order valence-electron chi connectivity index (χ1n) is 5.86. The molecule has 0 unspecified atom stereocenters. The SMILES string of the molecule is CNC(=O)Oc1ccc(NC(=O)OC)c(C(C)C)c1. The molecule has 104 valence electrons. The summed E-state index contributed by atoms with van der Waals surface area (Å²) in [4.78, 5) is 22.4. The van der Waals surface area contributed by atoms with Crippen LogP contribution >= 0.6 is 0 Å². The van der Waals surface area contributed by atoms with Gasteiger partial charge in [0, 0.05) is 12.7 Å².